The first-order valence-corrected chi connectivity index (χ1v) is 7.34. The second kappa shape index (κ2) is 6.05. The molecule has 1 aliphatic heterocycles. The number of rotatable bonds is 3. The van der Waals surface area contributed by atoms with Gasteiger partial charge in [-0.2, -0.15) is 23.5 Å². The summed E-state index contributed by atoms with van der Waals surface area (Å²) in [4.78, 5) is 0. The van der Waals surface area contributed by atoms with E-state index < -0.39 is 11.7 Å². The fourth-order valence-electron chi connectivity index (χ4n) is 2.81. The smallest absolute Gasteiger partial charge is 0.312 e. The molecule has 2 aromatic rings. The highest BCUT2D eigenvalue weighted by Crippen LogP contribution is 2.32. The molecule has 1 aromatic carbocycles. The van der Waals surface area contributed by atoms with Gasteiger partial charge >= 0.3 is 6.18 Å². The van der Waals surface area contributed by atoms with Crippen LogP contribution in [-0.4, -0.2) is 16.3 Å². The Kier molecular flexibility index (Phi) is 4.09. The lowest BCUT2D eigenvalue weighted by atomic mass is 10.0. The first-order valence-electron chi connectivity index (χ1n) is 7.34. The molecule has 0 atom stereocenters. The van der Waals surface area contributed by atoms with Crippen molar-refractivity contribution in [3.8, 4) is 17.3 Å². The van der Waals surface area contributed by atoms with Crippen LogP contribution in [0.2, 0.25) is 0 Å². The van der Waals surface area contributed by atoms with Gasteiger partial charge in [0.2, 0.25) is 0 Å². The van der Waals surface area contributed by atoms with Gasteiger partial charge in [-0.15, -0.1) is 0 Å². The zero-order valence-corrected chi connectivity index (χ0v) is 12.3. The van der Waals surface area contributed by atoms with Crippen LogP contribution >= 0.6 is 0 Å². The number of aryl methyl sites for hydroxylation is 1. The molecule has 2 heterocycles. The van der Waals surface area contributed by atoms with Crippen molar-refractivity contribution in [2.45, 2.75) is 32.1 Å². The van der Waals surface area contributed by atoms with E-state index in [0.29, 0.717) is 30.8 Å². The lowest BCUT2D eigenvalue weighted by molar-refractivity contribution is -0.137. The molecule has 0 saturated carbocycles. The van der Waals surface area contributed by atoms with Gasteiger partial charge in [-0.1, -0.05) is 12.1 Å². The topological polar surface area (TPSA) is 53.6 Å². The van der Waals surface area contributed by atoms with E-state index in [4.69, 9.17) is 5.26 Å². The molecule has 0 spiro atoms. The van der Waals surface area contributed by atoms with E-state index in [-0.39, 0.29) is 0 Å². The van der Waals surface area contributed by atoms with Gasteiger partial charge in [0, 0.05) is 36.3 Å². The molecule has 1 aromatic heterocycles. The van der Waals surface area contributed by atoms with E-state index in [2.05, 4.69) is 16.5 Å². The van der Waals surface area contributed by atoms with Crippen LogP contribution in [0.5, 0.6) is 0 Å². The number of hydrogen-bond acceptors (Lipinski definition) is 3. The summed E-state index contributed by atoms with van der Waals surface area (Å²) in [5, 5.41) is 16.5. The van der Waals surface area contributed by atoms with E-state index in [1.54, 1.807) is 0 Å². The average Bonchev–Trinajstić information content (AvgIpc) is 2.91. The Labute approximate surface area is 131 Å². The first-order chi connectivity index (χ1) is 11.0. The number of halogens is 3. The van der Waals surface area contributed by atoms with Crippen LogP contribution in [0.4, 0.5) is 13.2 Å². The van der Waals surface area contributed by atoms with Crippen molar-refractivity contribution in [3.63, 3.8) is 0 Å². The molecule has 0 amide bonds. The highest BCUT2D eigenvalue weighted by Gasteiger charge is 2.30. The Morgan fingerprint density at radius 1 is 1.26 bits per heavy atom. The molecule has 7 heteroatoms. The minimum Gasteiger partial charge on any atom is -0.312 e. The maximum atomic E-state index is 12.7. The summed E-state index contributed by atoms with van der Waals surface area (Å²) in [6.45, 7) is 1.97. The molecule has 1 N–H and O–H groups in total. The van der Waals surface area contributed by atoms with Gasteiger partial charge in [0.25, 0.3) is 0 Å². The normalized spacial score (nSPS) is 14.3. The second-order valence-electron chi connectivity index (χ2n) is 5.41. The summed E-state index contributed by atoms with van der Waals surface area (Å²) < 4.78 is 39.8. The Morgan fingerprint density at radius 2 is 2.00 bits per heavy atom. The van der Waals surface area contributed by atoms with Gasteiger partial charge in [0.15, 0.2) is 0 Å². The van der Waals surface area contributed by atoms with Crippen LogP contribution in [-0.2, 0) is 25.7 Å². The van der Waals surface area contributed by atoms with Crippen molar-refractivity contribution in [1.29, 1.82) is 5.26 Å². The van der Waals surface area contributed by atoms with E-state index in [1.165, 1.54) is 12.1 Å². The quantitative estimate of drug-likeness (QED) is 0.945. The van der Waals surface area contributed by atoms with Crippen molar-refractivity contribution in [2.24, 2.45) is 0 Å². The molecule has 1 aliphatic rings. The van der Waals surface area contributed by atoms with Crippen LogP contribution in [0, 0.1) is 11.3 Å². The Bertz CT molecular complexity index is 738. The highest BCUT2D eigenvalue weighted by atomic mass is 19.4. The molecule has 0 radical (unpaired) electrons. The third-order valence-corrected chi connectivity index (χ3v) is 3.93. The van der Waals surface area contributed by atoms with Gasteiger partial charge in [-0.25, -0.2) is 0 Å². The number of hydrogen-bond donors (Lipinski definition) is 1. The van der Waals surface area contributed by atoms with Crippen molar-refractivity contribution in [2.75, 3.05) is 6.54 Å². The Morgan fingerprint density at radius 3 is 2.65 bits per heavy atom. The van der Waals surface area contributed by atoms with E-state index in [0.717, 1.165) is 36.4 Å². The Balaban J connectivity index is 1.99. The third-order valence-electron chi connectivity index (χ3n) is 3.93. The summed E-state index contributed by atoms with van der Waals surface area (Å²) in [5.74, 6) is 0. The fraction of sp³-hybridized carbons (Fsp3) is 0.375. The van der Waals surface area contributed by atoms with Crippen molar-refractivity contribution in [1.82, 2.24) is 15.1 Å². The second-order valence-corrected chi connectivity index (χ2v) is 5.41. The molecule has 120 valence electrons. The molecule has 0 unspecified atom stereocenters. The Hall–Kier alpha value is -2.33. The largest absolute Gasteiger partial charge is 0.416 e. The fourth-order valence-corrected chi connectivity index (χ4v) is 2.81. The zero-order valence-electron chi connectivity index (χ0n) is 12.3. The molecule has 0 bridgehead atoms. The van der Waals surface area contributed by atoms with Crippen LogP contribution in [0.25, 0.3) is 11.3 Å². The summed E-state index contributed by atoms with van der Waals surface area (Å²) in [6.07, 6.45) is -3.19. The van der Waals surface area contributed by atoms with Gasteiger partial charge in [0.1, 0.15) is 0 Å². The highest BCUT2D eigenvalue weighted by molar-refractivity contribution is 5.65. The number of fused-ring (bicyclic) bond motifs is 1. The van der Waals surface area contributed by atoms with Gasteiger partial charge in [-0.05, 0) is 12.1 Å². The molecular formula is C16H15F3N4. The van der Waals surface area contributed by atoms with Crippen molar-refractivity contribution in [3.05, 3.63) is 41.1 Å². The molecule has 0 fully saturated rings. The number of nitriles is 1. The average molecular weight is 320 g/mol. The molecule has 3 rings (SSSR count). The monoisotopic (exact) mass is 320 g/mol. The number of nitrogens with one attached hydrogen (secondary N) is 1. The summed E-state index contributed by atoms with van der Waals surface area (Å²) in [7, 11) is 0. The van der Waals surface area contributed by atoms with Gasteiger partial charge < -0.3 is 5.32 Å². The number of benzene rings is 1. The predicted octanol–water partition coefficient (Wildman–Crippen LogP) is 3.13. The van der Waals surface area contributed by atoms with Crippen LogP contribution < -0.4 is 5.32 Å². The van der Waals surface area contributed by atoms with Gasteiger partial charge in [0.05, 0.1) is 30.3 Å². The minimum atomic E-state index is -4.34. The third kappa shape index (κ3) is 3.08. The number of alkyl halides is 3. The van der Waals surface area contributed by atoms with Crippen LogP contribution in [0.1, 0.15) is 23.2 Å². The van der Waals surface area contributed by atoms with Gasteiger partial charge in [-0.3, -0.25) is 4.68 Å². The molecule has 0 aliphatic carbocycles. The van der Waals surface area contributed by atoms with E-state index in [1.807, 2.05) is 4.68 Å². The van der Waals surface area contributed by atoms with E-state index in [9.17, 15) is 13.2 Å². The van der Waals surface area contributed by atoms with Crippen LogP contribution in [0.3, 0.4) is 0 Å². The summed E-state index contributed by atoms with van der Waals surface area (Å²) in [6, 6.07) is 7.15. The molecule has 23 heavy (non-hydrogen) atoms. The van der Waals surface area contributed by atoms with Crippen molar-refractivity contribution < 1.29 is 13.2 Å². The maximum absolute atomic E-state index is 12.7. The lowest BCUT2D eigenvalue weighted by Crippen LogP contribution is -2.25. The predicted molar refractivity (Wildman–Crippen MR) is 78.3 cm³/mol. The van der Waals surface area contributed by atoms with Crippen LogP contribution in [0.15, 0.2) is 24.3 Å². The molecule has 0 saturated heterocycles. The standard InChI is InChI=1S/C16H15F3N4/c17-16(18,19)12-4-2-11(3-5-12)15-13-10-21-8-6-14(13)23(22-15)9-1-7-20/h2-5,21H,1,6,8-10H2. The number of aromatic nitrogens is 2. The molecular weight excluding hydrogens is 305 g/mol. The summed E-state index contributed by atoms with van der Waals surface area (Å²) >= 11 is 0. The maximum Gasteiger partial charge on any atom is 0.416 e. The first kappa shape index (κ1) is 15.6. The zero-order chi connectivity index (χ0) is 16.4. The summed E-state index contributed by atoms with van der Waals surface area (Å²) in [5.41, 5.74) is 2.76. The number of nitrogens with zero attached hydrogens (tertiary/aromatic N) is 3. The SMILES string of the molecule is N#CCCn1nc(-c2ccc(C(F)(F)F)cc2)c2c1CCNC2. The van der Waals surface area contributed by atoms with Crippen molar-refractivity contribution >= 4 is 0 Å². The van der Waals surface area contributed by atoms with E-state index >= 15 is 0 Å². The molecule has 4 nitrogen and oxygen atoms in total. The lowest BCUT2D eigenvalue weighted by Gasteiger charge is -2.15. The minimum absolute atomic E-state index is 0.355.